The minimum absolute atomic E-state index is 0.481. The minimum atomic E-state index is 0.481. The summed E-state index contributed by atoms with van der Waals surface area (Å²) in [5.74, 6) is 1.14. The molecular formula is C20H16N8S. The Morgan fingerprint density at radius 3 is 2.72 bits per heavy atom. The first-order chi connectivity index (χ1) is 14.4. The van der Waals surface area contributed by atoms with Crippen LogP contribution in [0.4, 0.5) is 17.5 Å². The first-order valence-electron chi connectivity index (χ1n) is 8.94. The van der Waals surface area contributed by atoms with Crippen LogP contribution < -0.4 is 10.6 Å². The maximum atomic E-state index is 4.71. The number of pyridine rings is 2. The summed E-state index contributed by atoms with van der Waals surface area (Å²) in [4.78, 5) is 22.1. The summed E-state index contributed by atoms with van der Waals surface area (Å²) in [6.45, 7) is 0.583. The second kappa shape index (κ2) is 7.64. The largest absolute Gasteiger partial charge is 0.364 e. The van der Waals surface area contributed by atoms with Crippen LogP contribution in [0.1, 0.15) is 5.56 Å². The fraction of sp³-hybridized carbons (Fsp3) is 0.0500. The van der Waals surface area contributed by atoms with Crippen LogP contribution >= 0.6 is 11.3 Å². The molecule has 5 aromatic rings. The van der Waals surface area contributed by atoms with Gasteiger partial charge in [0.2, 0.25) is 5.95 Å². The fourth-order valence-corrected chi connectivity index (χ4v) is 3.54. The molecule has 0 fully saturated rings. The number of hydrogen-bond donors (Lipinski definition) is 2. The van der Waals surface area contributed by atoms with Gasteiger partial charge in [-0.25, -0.2) is 4.98 Å². The van der Waals surface area contributed by atoms with Crippen LogP contribution in [0.3, 0.4) is 0 Å². The predicted octanol–water partition coefficient (Wildman–Crippen LogP) is 4.02. The van der Waals surface area contributed by atoms with Crippen LogP contribution in [0.15, 0.2) is 72.2 Å². The molecule has 2 N–H and O–H groups in total. The Balaban J connectivity index is 1.56. The van der Waals surface area contributed by atoms with E-state index >= 15 is 0 Å². The van der Waals surface area contributed by atoms with Crippen LogP contribution in [0.2, 0.25) is 0 Å². The predicted molar refractivity (Wildman–Crippen MR) is 114 cm³/mol. The number of aromatic nitrogens is 6. The average molecular weight is 400 g/mol. The van der Waals surface area contributed by atoms with E-state index in [1.807, 2.05) is 46.5 Å². The molecule has 0 atom stereocenters. The molecule has 0 aromatic carbocycles. The van der Waals surface area contributed by atoms with Crippen molar-refractivity contribution in [1.29, 1.82) is 0 Å². The Morgan fingerprint density at radius 1 is 1.00 bits per heavy atom. The van der Waals surface area contributed by atoms with Crippen molar-refractivity contribution in [2.45, 2.75) is 6.54 Å². The number of nitrogens with one attached hydrogen (secondary N) is 2. The highest BCUT2D eigenvalue weighted by atomic mass is 32.1. The zero-order valence-corrected chi connectivity index (χ0v) is 16.0. The normalized spacial score (nSPS) is 10.9. The second-order valence-corrected chi connectivity index (χ2v) is 7.02. The summed E-state index contributed by atoms with van der Waals surface area (Å²) in [7, 11) is 0. The molecule has 0 spiro atoms. The van der Waals surface area contributed by atoms with Gasteiger partial charge >= 0.3 is 0 Å². The molecule has 142 valence electrons. The van der Waals surface area contributed by atoms with Gasteiger partial charge in [-0.2, -0.15) is 21.3 Å². The van der Waals surface area contributed by atoms with Crippen molar-refractivity contribution in [3.8, 4) is 5.69 Å². The maximum absolute atomic E-state index is 4.71. The molecule has 9 heteroatoms. The highest BCUT2D eigenvalue weighted by molar-refractivity contribution is 7.08. The maximum Gasteiger partial charge on any atom is 0.231 e. The third kappa shape index (κ3) is 3.63. The van der Waals surface area contributed by atoms with Crippen LogP contribution in [-0.2, 0) is 6.54 Å². The molecule has 0 aliphatic rings. The van der Waals surface area contributed by atoms with E-state index in [0.717, 1.165) is 22.6 Å². The summed E-state index contributed by atoms with van der Waals surface area (Å²) in [5.41, 5.74) is 4.37. The third-order valence-electron chi connectivity index (χ3n) is 4.30. The van der Waals surface area contributed by atoms with E-state index in [1.54, 1.807) is 36.3 Å². The van der Waals surface area contributed by atoms with E-state index in [9.17, 15) is 0 Å². The first-order valence-corrected chi connectivity index (χ1v) is 9.88. The van der Waals surface area contributed by atoms with E-state index in [2.05, 4.69) is 35.9 Å². The Hall–Kier alpha value is -3.85. The van der Waals surface area contributed by atoms with Gasteiger partial charge in [0.15, 0.2) is 17.0 Å². The number of fused-ring (bicyclic) bond motifs is 1. The van der Waals surface area contributed by atoms with E-state index in [4.69, 9.17) is 4.98 Å². The quantitative estimate of drug-likeness (QED) is 0.444. The zero-order chi connectivity index (χ0) is 19.5. The molecule has 0 amide bonds. The Bertz CT molecular complexity index is 1220. The van der Waals surface area contributed by atoms with Crippen LogP contribution in [0.5, 0.6) is 0 Å². The molecule has 5 aromatic heterocycles. The van der Waals surface area contributed by atoms with Gasteiger partial charge in [-0.3, -0.25) is 14.5 Å². The monoisotopic (exact) mass is 400 g/mol. The molecule has 8 nitrogen and oxygen atoms in total. The number of thiophene rings is 1. The van der Waals surface area contributed by atoms with Crippen molar-refractivity contribution >= 4 is 40.0 Å². The standard InChI is InChI=1S/C20H16N8S/c1-2-14(10-22-6-1)11-23-18-17-19(28(13-24-17)16-5-9-29-12-16)27-20(26-18)25-15-3-7-21-8-4-15/h1-10,12-13H,11H2,(H2,21,23,25,26,27). The van der Waals surface area contributed by atoms with Gasteiger partial charge in [-0.1, -0.05) is 6.07 Å². The van der Waals surface area contributed by atoms with Crippen molar-refractivity contribution in [3.63, 3.8) is 0 Å². The van der Waals surface area contributed by atoms with Crippen molar-refractivity contribution in [2.24, 2.45) is 0 Å². The number of anilines is 3. The van der Waals surface area contributed by atoms with Crippen molar-refractivity contribution in [3.05, 3.63) is 77.8 Å². The van der Waals surface area contributed by atoms with Crippen LogP contribution in [-0.4, -0.2) is 29.5 Å². The molecule has 0 saturated heterocycles. The van der Waals surface area contributed by atoms with E-state index in [-0.39, 0.29) is 0 Å². The molecular weight excluding hydrogens is 384 g/mol. The van der Waals surface area contributed by atoms with Gasteiger partial charge in [-0.15, -0.1) is 0 Å². The Labute approximate surface area is 170 Å². The second-order valence-electron chi connectivity index (χ2n) is 6.24. The SMILES string of the molecule is c1cncc(CNc2nc(Nc3ccncc3)nc3c2ncn3-c2ccsc2)c1. The lowest BCUT2D eigenvalue weighted by atomic mass is 10.3. The van der Waals surface area contributed by atoms with Crippen LogP contribution in [0, 0.1) is 0 Å². The lowest BCUT2D eigenvalue weighted by Gasteiger charge is -2.10. The smallest absolute Gasteiger partial charge is 0.231 e. The van der Waals surface area contributed by atoms with E-state index < -0.39 is 0 Å². The van der Waals surface area contributed by atoms with E-state index in [0.29, 0.717) is 23.8 Å². The molecule has 29 heavy (non-hydrogen) atoms. The third-order valence-corrected chi connectivity index (χ3v) is 4.97. The van der Waals surface area contributed by atoms with Gasteiger partial charge < -0.3 is 10.6 Å². The van der Waals surface area contributed by atoms with Crippen molar-refractivity contribution < 1.29 is 0 Å². The Kier molecular flexibility index (Phi) is 4.55. The van der Waals surface area contributed by atoms with Gasteiger partial charge in [0.25, 0.3) is 0 Å². The number of nitrogens with zero attached hydrogens (tertiary/aromatic N) is 6. The summed E-state index contributed by atoms with van der Waals surface area (Å²) < 4.78 is 1.96. The fourth-order valence-electron chi connectivity index (χ4n) is 2.92. The van der Waals surface area contributed by atoms with E-state index in [1.165, 1.54) is 0 Å². The van der Waals surface area contributed by atoms with Gasteiger partial charge in [0.05, 0.1) is 5.69 Å². The molecule has 0 unspecified atom stereocenters. The molecule has 5 rings (SSSR count). The number of hydrogen-bond acceptors (Lipinski definition) is 8. The highest BCUT2D eigenvalue weighted by Crippen LogP contribution is 2.26. The summed E-state index contributed by atoms with van der Waals surface area (Å²) in [6.07, 6.45) is 8.79. The number of rotatable bonds is 6. The molecule has 0 aliphatic heterocycles. The van der Waals surface area contributed by atoms with Crippen molar-refractivity contribution in [1.82, 2.24) is 29.5 Å². The van der Waals surface area contributed by atoms with Gasteiger partial charge in [-0.05, 0) is 35.2 Å². The van der Waals surface area contributed by atoms with Gasteiger partial charge in [0.1, 0.15) is 6.33 Å². The topological polar surface area (TPSA) is 93.4 Å². The molecule has 5 heterocycles. The lowest BCUT2D eigenvalue weighted by molar-refractivity contribution is 1.06. The lowest BCUT2D eigenvalue weighted by Crippen LogP contribution is -2.06. The summed E-state index contributed by atoms with van der Waals surface area (Å²) >= 11 is 1.63. The first kappa shape index (κ1) is 17.3. The van der Waals surface area contributed by atoms with Crippen molar-refractivity contribution in [2.75, 3.05) is 10.6 Å². The molecule has 0 aliphatic carbocycles. The highest BCUT2D eigenvalue weighted by Gasteiger charge is 2.15. The van der Waals surface area contributed by atoms with Gasteiger partial charge in [0, 0.05) is 42.4 Å². The van der Waals surface area contributed by atoms with Crippen LogP contribution in [0.25, 0.3) is 16.9 Å². The molecule has 0 saturated carbocycles. The summed E-state index contributed by atoms with van der Waals surface area (Å²) in [6, 6.07) is 9.69. The number of imidazole rings is 1. The zero-order valence-electron chi connectivity index (χ0n) is 15.2. The Morgan fingerprint density at radius 2 is 1.93 bits per heavy atom. The summed E-state index contributed by atoms with van der Waals surface area (Å²) in [5, 5.41) is 10.7. The minimum Gasteiger partial charge on any atom is -0.364 e. The molecule has 0 radical (unpaired) electrons. The molecule has 0 bridgehead atoms. The average Bonchev–Trinajstić information content (AvgIpc) is 3.43.